The van der Waals surface area contributed by atoms with E-state index in [0.717, 1.165) is 0 Å². The molecule has 3 N–H and O–H groups in total. The lowest BCUT2D eigenvalue weighted by molar-refractivity contribution is -0.155. The van der Waals surface area contributed by atoms with Crippen molar-refractivity contribution in [1.82, 2.24) is 10.9 Å². The van der Waals surface area contributed by atoms with Crippen LogP contribution in [-0.2, 0) is 9.59 Å². The molecule has 1 aromatic rings. The molecule has 0 spiro atoms. The largest absolute Gasteiger partial charge is 0.481 e. The molecule has 1 aliphatic rings. The summed E-state index contributed by atoms with van der Waals surface area (Å²) in [6.07, 6.45) is 0.906. The second kappa shape index (κ2) is 6.02. The molecule has 1 saturated carbocycles. The molecule has 6 nitrogen and oxygen atoms in total. The number of hydrazine groups is 1. The topological polar surface area (TPSA) is 95.5 Å². The van der Waals surface area contributed by atoms with Crippen LogP contribution in [0.25, 0.3) is 0 Å². The number of hydrogen-bond donors (Lipinski definition) is 3. The molecule has 2 atom stereocenters. The van der Waals surface area contributed by atoms with Crippen LogP contribution < -0.4 is 10.9 Å². The summed E-state index contributed by atoms with van der Waals surface area (Å²) in [5, 5.41) is 9.47. The van der Waals surface area contributed by atoms with Crippen molar-refractivity contribution in [1.29, 1.82) is 0 Å². The van der Waals surface area contributed by atoms with Gasteiger partial charge in [0.25, 0.3) is 5.91 Å². The molecule has 0 heterocycles. The van der Waals surface area contributed by atoms with Crippen LogP contribution in [0.4, 0.5) is 0 Å². The van der Waals surface area contributed by atoms with Gasteiger partial charge in [0.2, 0.25) is 5.91 Å². The van der Waals surface area contributed by atoms with Gasteiger partial charge in [0.05, 0.1) is 5.41 Å². The summed E-state index contributed by atoms with van der Waals surface area (Å²) in [6.45, 7) is 5.25. The number of nitrogens with one attached hydrogen (secondary N) is 2. The maximum atomic E-state index is 12.4. The van der Waals surface area contributed by atoms with Gasteiger partial charge >= 0.3 is 5.97 Å². The van der Waals surface area contributed by atoms with E-state index >= 15 is 0 Å². The molecule has 1 aromatic carbocycles. The van der Waals surface area contributed by atoms with E-state index in [4.69, 9.17) is 0 Å². The van der Waals surface area contributed by atoms with Crippen molar-refractivity contribution in [2.24, 2.45) is 16.7 Å². The fourth-order valence-electron chi connectivity index (χ4n) is 3.21. The Kier molecular flexibility index (Phi) is 4.45. The molecule has 0 aliphatic heterocycles. The second-order valence-electron chi connectivity index (χ2n) is 6.76. The summed E-state index contributed by atoms with van der Waals surface area (Å²) in [6, 6.07) is 8.54. The number of carboxylic acids is 1. The Morgan fingerprint density at radius 1 is 1.09 bits per heavy atom. The van der Waals surface area contributed by atoms with Gasteiger partial charge in [-0.3, -0.25) is 25.2 Å². The molecule has 1 fully saturated rings. The third kappa shape index (κ3) is 2.93. The highest BCUT2D eigenvalue weighted by Crippen LogP contribution is 2.56. The number of amides is 2. The molecule has 0 saturated heterocycles. The van der Waals surface area contributed by atoms with E-state index in [1.807, 2.05) is 0 Å². The van der Waals surface area contributed by atoms with Crippen molar-refractivity contribution in [2.75, 3.05) is 0 Å². The van der Waals surface area contributed by atoms with Crippen LogP contribution in [0.3, 0.4) is 0 Å². The first-order valence-corrected chi connectivity index (χ1v) is 7.59. The average molecular weight is 318 g/mol. The predicted octanol–water partition coefficient (Wildman–Crippen LogP) is 1.97. The van der Waals surface area contributed by atoms with Crippen LogP contribution in [0.5, 0.6) is 0 Å². The number of carbonyl (C=O) groups excluding carboxylic acids is 2. The van der Waals surface area contributed by atoms with Gasteiger partial charge in [0, 0.05) is 11.5 Å². The van der Waals surface area contributed by atoms with E-state index in [2.05, 4.69) is 10.9 Å². The summed E-state index contributed by atoms with van der Waals surface area (Å²) in [4.78, 5) is 35.9. The first-order chi connectivity index (χ1) is 10.7. The summed E-state index contributed by atoms with van der Waals surface area (Å²) < 4.78 is 0. The van der Waals surface area contributed by atoms with E-state index < -0.39 is 28.6 Å². The Bertz CT molecular complexity index is 627. The molecule has 23 heavy (non-hydrogen) atoms. The van der Waals surface area contributed by atoms with Crippen molar-refractivity contribution >= 4 is 17.8 Å². The standard InChI is InChI=1S/C17H22N2O4/c1-16(2)12(9-10-17(16,3)15(22)23)14(21)19-18-13(20)11-7-5-4-6-8-11/h4-8,12H,9-10H2,1-3H3,(H,18,20)(H,19,21)(H,22,23)/t12-,17-/m1/s1. The minimum absolute atomic E-state index is 0.357. The zero-order valence-electron chi connectivity index (χ0n) is 13.6. The number of rotatable bonds is 3. The Morgan fingerprint density at radius 3 is 2.22 bits per heavy atom. The lowest BCUT2D eigenvalue weighted by atomic mass is 9.65. The van der Waals surface area contributed by atoms with Crippen molar-refractivity contribution in [3.8, 4) is 0 Å². The maximum Gasteiger partial charge on any atom is 0.309 e. The van der Waals surface area contributed by atoms with Crippen LogP contribution in [0, 0.1) is 16.7 Å². The van der Waals surface area contributed by atoms with Gasteiger partial charge in [-0.05, 0) is 37.3 Å². The first-order valence-electron chi connectivity index (χ1n) is 7.59. The van der Waals surface area contributed by atoms with Gasteiger partial charge in [-0.1, -0.05) is 32.0 Å². The van der Waals surface area contributed by atoms with Crippen LogP contribution in [0.1, 0.15) is 44.0 Å². The smallest absolute Gasteiger partial charge is 0.309 e. The number of carboxylic acid groups (broad SMARTS) is 1. The highest BCUT2D eigenvalue weighted by molar-refractivity contribution is 5.95. The molecule has 2 amide bonds. The van der Waals surface area contributed by atoms with Crippen LogP contribution in [-0.4, -0.2) is 22.9 Å². The summed E-state index contributed by atoms with van der Waals surface area (Å²) in [5.41, 5.74) is 3.58. The van der Waals surface area contributed by atoms with Crippen molar-refractivity contribution in [2.45, 2.75) is 33.6 Å². The highest BCUT2D eigenvalue weighted by Gasteiger charge is 2.58. The molecule has 2 rings (SSSR count). The Morgan fingerprint density at radius 2 is 1.70 bits per heavy atom. The SMILES string of the molecule is CC1(C)[C@@H](C(=O)NNC(=O)c2ccccc2)CC[C@]1(C)C(=O)O. The van der Waals surface area contributed by atoms with Crippen molar-refractivity contribution in [3.63, 3.8) is 0 Å². The lowest BCUT2D eigenvalue weighted by Gasteiger charge is -2.37. The van der Waals surface area contributed by atoms with Gasteiger partial charge < -0.3 is 5.11 Å². The van der Waals surface area contributed by atoms with E-state index in [-0.39, 0.29) is 5.91 Å². The minimum Gasteiger partial charge on any atom is -0.481 e. The van der Waals surface area contributed by atoms with Crippen molar-refractivity contribution in [3.05, 3.63) is 35.9 Å². The van der Waals surface area contributed by atoms with Crippen LogP contribution in [0.15, 0.2) is 30.3 Å². The highest BCUT2D eigenvalue weighted by atomic mass is 16.4. The second-order valence-corrected chi connectivity index (χ2v) is 6.76. The minimum atomic E-state index is -0.960. The monoisotopic (exact) mass is 318 g/mol. The van der Waals surface area contributed by atoms with E-state index in [0.29, 0.717) is 18.4 Å². The molecular formula is C17H22N2O4. The first kappa shape index (κ1) is 17.0. The van der Waals surface area contributed by atoms with Crippen LogP contribution in [0.2, 0.25) is 0 Å². The molecule has 1 aliphatic carbocycles. The van der Waals surface area contributed by atoms with Gasteiger partial charge in [0.1, 0.15) is 0 Å². The lowest BCUT2D eigenvalue weighted by Crippen LogP contribution is -2.49. The Labute approximate surface area is 135 Å². The van der Waals surface area contributed by atoms with Gasteiger partial charge in [-0.25, -0.2) is 0 Å². The molecular weight excluding hydrogens is 296 g/mol. The van der Waals surface area contributed by atoms with Gasteiger partial charge in [-0.15, -0.1) is 0 Å². The van der Waals surface area contributed by atoms with Gasteiger partial charge in [0.15, 0.2) is 0 Å². The van der Waals surface area contributed by atoms with Crippen molar-refractivity contribution < 1.29 is 19.5 Å². The fourth-order valence-corrected chi connectivity index (χ4v) is 3.21. The van der Waals surface area contributed by atoms with Crippen LogP contribution >= 0.6 is 0 Å². The summed E-state index contributed by atoms with van der Waals surface area (Å²) in [7, 11) is 0. The molecule has 0 bridgehead atoms. The molecule has 0 unspecified atom stereocenters. The van der Waals surface area contributed by atoms with E-state index in [9.17, 15) is 19.5 Å². The third-order valence-electron chi connectivity index (χ3n) is 5.35. The molecule has 0 aromatic heterocycles. The Hall–Kier alpha value is -2.37. The number of benzene rings is 1. The quantitative estimate of drug-likeness (QED) is 0.743. The fraction of sp³-hybridized carbons (Fsp3) is 0.471. The normalized spacial score (nSPS) is 25.6. The number of carbonyl (C=O) groups is 3. The Balaban J connectivity index is 2.02. The maximum absolute atomic E-state index is 12.4. The predicted molar refractivity (Wildman–Crippen MR) is 84.3 cm³/mol. The van der Waals surface area contributed by atoms with Gasteiger partial charge in [-0.2, -0.15) is 0 Å². The number of aliphatic carboxylic acids is 1. The summed E-state index contributed by atoms with van der Waals surface area (Å²) in [5.74, 6) is -2.13. The molecule has 6 heteroatoms. The average Bonchev–Trinajstić information content (AvgIpc) is 2.77. The number of hydrogen-bond acceptors (Lipinski definition) is 3. The van der Waals surface area contributed by atoms with E-state index in [1.54, 1.807) is 51.1 Å². The zero-order valence-corrected chi connectivity index (χ0v) is 13.6. The van der Waals surface area contributed by atoms with E-state index in [1.165, 1.54) is 0 Å². The third-order valence-corrected chi connectivity index (χ3v) is 5.35. The summed E-state index contributed by atoms with van der Waals surface area (Å²) >= 11 is 0. The molecule has 124 valence electrons. The zero-order chi connectivity index (χ0) is 17.3. The molecule has 0 radical (unpaired) electrons.